The van der Waals surface area contributed by atoms with Gasteiger partial charge in [-0.15, -0.1) is 0 Å². The van der Waals surface area contributed by atoms with Crippen LogP contribution in [-0.2, 0) is 0 Å². The number of hydrogen-bond acceptors (Lipinski definition) is 4. The molecule has 1 saturated carbocycles. The fourth-order valence-corrected chi connectivity index (χ4v) is 4.32. The number of rotatable bonds is 5. The van der Waals surface area contributed by atoms with Gasteiger partial charge in [-0.3, -0.25) is 9.69 Å². The Kier molecular flexibility index (Phi) is 4.68. The maximum absolute atomic E-state index is 12.4. The number of phenols is 1. The standard InChI is InChI=1S/C22H25NO3/c1-15-2-8-20(9-3-15)26-21-10-17-12-23(13-18(17)11-21)14-22(25)16-4-6-19(24)7-5-16/h2-9,17-18,21,24H,10-14H2,1H3/t17-,18+,21-. The molecule has 0 radical (unpaired) electrons. The number of nitrogens with zero attached hydrogens (tertiary/aromatic N) is 1. The lowest BCUT2D eigenvalue weighted by Gasteiger charge is -2.19. The number of benzene rings is 2. The van der Waals surface area contributed by atoms with Crippen molar-refractivity contribution in [1.29, 1.82) is 0 Å². The molecule has 2 fully saturated rings. The first-order chi connectivity index (χ1) is 12.6. The molecule has 0 bridgehead atoms. The first kappa shape index (κ1) is 17.1. The van der Waals surface area contributed by atoms with Gasteiger partial charge in [0.05, 0.1) is 12.6 Å². The molecule has 136 valence electrons. The molecule has 1 saturated heterocycles. The summed E-state index contributed by atoms with van der Waals surface area (Å²) in [7, 11) is 0. The zero-order valence-corrected chi connectivity index (χ0v) is 15.1. The quantitative estimate of drug-likeness (QED) is 0.835. The van der Waals surface area contributed by atoms with Crippen LogP contribution in [0.3, 0.4) is 0 Å². The molecule has 2 aromatic rings. The summed E-state index contributed by atoms with van der Waals surface area (Å²) >= 11 is 0. The van der Waals surface area contributed by atoms with Crippen molar-refractivity contribution in [3.8, 4) is 11.5 Å². The van der Waals surface area contributed by atoms with E-state index in [-0.39, 0.29) is 11.5 Å². The predicted molar refractivity (Wildman–Crippen MR) is 101 cm³/mol. The second kappa shape index (κ2) is 7.12. The van der Waals surface area contributed by atoms with E-state index in [0.29, 0.717) is 30.0 Å². The molecular weight excluding hydrogens is 326 g/mol. The van der Waals surface area contributed by atoms with Gasteiger partial charge in [0.15, 0.2) is 5.78 Å². The van der Waals surface area contributed by atoms with Crippen LogP contribution in [-0.4, -0.2) is 41.5 Å². The molecule has 0 unspecified atom stereocenters. The van der Waals surface area contributed by atoms with Crippen molar-refractivity contribution in [3.63, 3.8) is 0 Å². The molecule has 3 atom stereocenters. The molecular formula is C22H25NO3. The summed E-state index contributed by atoms with van der Waals surface area (Å²) in [5, 5.41) is 9.34. The number of aryl methyl sites for hydroxylation is 1. The van der Waals surface area contributed by atoms with Gasteiger partial charge in [0.1, 0.15) is 11.5 Å². The molecule has 2 aliphatic rings. The molecule has 0 amide bonds. The summed E-state index contributed by atoms with van der Waals surface area (Å²) in [5.41, 5.74) is 1.91. The van der Waals surface area contributed by atoms with E-state index in [1.807, 2.05) is 12.1 Å². The van der Waals surface area contributed by atoms with Crippen molar-refractivity contribution in [2.75, 3.05) is 19.6 Å². The molecule has 1 aliphatic heterocycles. The zero-order valence-electron chi connectivity index (χ0n) is 15.1. The van der Waals surface area contributed by atoms with Gasteiger partial charge in [0, 0.05) is 18.7 Å². The van der Waals surface area contributed by atoms with Crippen LogP contribution in [0.2, 0.25) is 0 Å². The van der Waals surface area contributed by atoms with Crippen LogP contribution in [0.1, 0.15) is 28.8 Å². The van der Waals surface area contributed by atoms with Crippen molar-refractivity contribution in [1.82, 2.24) is 4.90 Å². The van der Waals surface area contributed by atoms with Gasteiger partial charge in [-0.25, -0.2) is 0 Å². The molecule has 4 rings (SSSR count). The van der Waals surface area contributed by atoms with E-state index in [9.17, 15) is 9.90 Å². The minimum absolute atomic E-state index is 0.123. The maximum Gasteiger partial charge on any atom is 0.176 e. The van der Waals surface area contributed by atoms with Gasteiger partial charge < -0.3 is 9.84 Å². The topological polar surface area (TPSA) is 49.8 Å². The van der Waals surface area contributed by atoms with Gasteiger partial charge in [-0.05, 0) is 68.0 Å². The molecule has 4 nitrogen and oxygen atoms in total. The van der Waals surface area contributed by atoms with Crippen molar-refractivity contribution in [3.05, 3.63) is 59.7 Å². The number of likely N-dealkylation sites (tertiary alicyclic amines) is 1. The van der Waals surface area contributed by atoms with E-state index in [1.54, 1.807) is 24.3 Å². The average molecular weight is 351 g/mol. The second-order valence-corrected chi connectivity index (χ2v) is 7.71. The Bertz CT molecular complexity index is 755. The van der Waals surface area contributed by atoms with Gasteiger partial charge in [-0.2, -0.15) is 0 Å². The van der Waals surface area contributed by atoms with Gasteiger partial charge >= 0.3 is 0 Å². The van der Waals surface area contributed by atoms with E-state index in [2.05, 4.69) is 24.0 Å². The molecule has 1 N–H and O–H groups in total. The van der Waals surface area contributed by atoms with E-state index in [4.69, 9.17) is 4.74 Å². The first-order valence-electron chi connectivity index (χ1n) is 9.35. The number of Topliss-reactive ketones (excluding diaryl/α,β-unsaturated/α-hetero) is 1. The van der Waals surface area contributed by atoms with Crippen LogP contribution in [0, 0.1) is 18.8 Å². The van der Waals surface area contributed by atoms with Gasteiger partial charge in [0.25, 0.3) is 0 Å². The number of carbonyl (C=O) groups excluding carboxylic acids is 1. The minimum atomic E-state index is 0.123. The Morgan fingerprint density at radius 2 is 1.65 bits per heavy atom. The van der Waals surface area contributed by atoms with E-state index in [1.165, 1.54) is 5.56 Å². The van der Waals surface area contributed by atoms with E-state index < -0.39 is 0 Å². The number of hydrogen-bond donors (Lipinski definition) is 1. The van der Waals surface area contributed by atoms with Crippen molar-refractivity contribution in [2.24, 2.45) is 11.8 Å². The Hall–Kier alpha value is -2.33. The highest BCUT2D eigenvalue weighted by Crippen LogP contribution is 2.39. The smallest absolute Gasteiger partial charge is 0.176 e. The lowest BCUT2D eigenvalue weighted by atomic mass is 10.0. The van der Waals surface area contributed by atoms with Crippen LogP contribution in [0.15, 0.2) is 48.5 Å². The fourth-order valence-electron chi connectivity index (χ4n) is 4.32. The van der Waals surface area contributed by atoms with Crippen LogP contribution >= 0.6 is 0 Å². The molecule has 1 aliphatic carbocycles. The van der Waals surface area contributed by atoms with Crippen LogP contribution in [0.4, 0.5) is 0 Å². The number of ether oxygens (including phenoxy) is 1. The average Bonchev–Trinajstić information content (AvgIpc) is 3.15. The summed E-state index contributed by atoms with van der Waals surface area (Å²) < 4.78 is 6.15. The minimum Gasteiger partial charge on any atom is -0.508 e. The summed E-state index contributed by atoms with van der Waals surface area (Å²) in [6.45, 7) is 4.49. The van der Waals surface area contributed by atoms with E-state index in [0.717, 1.165) is 31.7 Å². The Morgan fingerprint density at radius 1 is 1.04 bits per heavy atom. The van der Waals surface area contributed by atoms with Crippen molar-refractivity contribution in [2.45, 2.75) is 25.9 Å². The van der Waals surface area contributed by atoms with Crippen LogP contribution in [0.5, 0.6) is 11.5 Å². The normalized spacial score (nSPS) is 25.2. The fraction of sp³-hybridized carbons (Fsp3) is 0.409. The highest BCUT2D eigenvalue weighted by Gasteiger charge is 2.42. The molecule has 4 heteroatoms. The Balaban J connectivity index is 1.28. The van der Waals surface area contributed by atoms with Gasteiger partial charge in [-0.1, -0.05) is 17.7 Å². The molecule has 2 aromatic carbocycles. The molecule has 0 spiro atoms. The highest BCUT2D eigenvalue weighted by atomic mass is 16.5. The van der Waals surface area contributed by atoms with Crippen molar-refractivity contribution >= 4 is 5.78 Å². The number of fused-ring (bicyclic) bond motifs is 1. The third-order valence-electron chi connectivity index (χ3n) is 5.66. The SMILES string of the molecule is Cc1ccc(O[C@@H]2C[C@@H]3CN(CC(=O)c4ccc(O)cc4)C[C@@H]3C2)cc1. The van der Waals surface area contributed by atoms with Crippen LogP contribution in [0.25, 0.3) is 0 Å². The summed E-state index contributed by atoms with van der Waals surface area (Å²) in [4.78, 5) is 14.7. The first-order valence-corrected chi connectivity index (χ1v) is 9.35. The number of ketones is 1. The number of phenolic OH excluding ortho intramolecular Hbond substituents is 1. The largest absolute Gasteiger partial charge is 0.508 e. The van der Waals surface area contributed by atoms with E-state index >= 15 is 0 Å². The highest BCUT2D eigenvalue weighted by molar-refractivity contribution is 5.97. The maximum atomic E-state index is 12.4. The van der Waals surface area contributed by atoms with Crippen LogP contribution < -0.4 is 4.74 Å². The molecule has 26 heavy (non-hydrogen) atoms. The zero-order chi connectivity index (χ0) is 18.1. The molecule has 0 aromatic heterocycles. The Labute approximate surface area is 154 Å². The lowest BCUT2D eigenvalue weighted by Crippen LogP contribution is -2.30. The number of aromatic hydroxyl groups is 1. The lowest BCUT2D eigenvalue weighted by molar-refractivity contribution is 0.0936. The second-order valence-electron chi connectivity index (χ2n) is 7.71. The van der Waals surface area contributed by atoms with Gasteiger partial charge in [0.2, 0.25) is 0 Å². The number of carbonyl (C=O) groups is 1. The summed E-state index contributed by atoms with van der Waals surface area (Å²) in [6.07, 6.45) is 2.44. The third kappa shape index (κ3) is 3.75. The third-order valence-corrected chi connectivity index (χ3v) is 5.66. The Morgan fingerprint density at radius 3 is 2.27 bits per heavy atom. The predicted octanol–water partition coefficient (Wildman–Crippen LogP) is 3.67. The molecule has 1 heterocycles. The summed E-state index contributed by atoms with van der Waals surface area (Å²) in [6, 6.07) is 14.8. The van der Waals surface area contributed by atoms with Crippen molar-refractivity contribution < 1.29 is 14.6 Å². The monoisotopic (exact) mass is 351 g/mol. The summed E-state index contributed by atoms with van der Waals surface area (Å²) in [5.74, 6) is 2.52.